The van der Waals surface area contributed by atoms with Crippen LogP contribution in [0.2, 0.25) is 0 Å². The fourth-order valence-electron chi connectivity index (χ4n) is 5.98. The number of piperidine rings is 1. The lowest BCUT2D eigenvalue weighted by atomic mass is 9.81. The molecule has 1 aromatic heterocycles. The van der Waals surface area contributed by atoms with Crippen LogP contribution in [0.1, 0.15) is 62.3 Å². The van der Waals surface area contributed by atoms with E-state index in [9.17, 15) is 18.0 Å². The Morgan fingerprint density at radius 2 is 1.91 bits per heavy atom. The molecule has 4 aliphatic rings. The Labute approximate surface area is 186 Å². The number of aromatic nitrogens is 1. The molecule has 0 unspecified atom stereocenters. The minimum Gasteiger partial charge on any atom is -0.366 e. The van der Waals surface area contributed by atoms with Crippen molar-refractivity contribution in [2.24, 2.45) is 0 Å². The fraction of sp³-hybridized carbons (Fsp3) is 0.667. The number of carbonyl (C=O) groups excluding carboxylic acids is 1. The summed E-state index contributed by atoms with van der Waals surface area (Å²) in [6, 6.07) is 1.80. The first kappa shape index (κ1) is 21.9. The molecule has 3 aliphatic heterocycles. The van der Waals surface area contributed by atoms with Crippen molar-refractivity contribution in [3.63, 3.8) is 0 Å². The van der Waals surface area contributed by atoms with Crippen LogP contribution in [-0.2, 0) is 28.7 Å². The van der Waals surface area contributed by atoms with Crippen molar-refractivity contribution in [2.45, 2.75) is 76.2 Å². The number of rotatable bonds is 2. The third-order valence-corrected chi connectivity index (χ3v) is 7.76. The van der Waals surface area contributed by atoms with E-state index in [0.717, 1.165) is 49.3 Å². The smallest absolute Gasteiger partial charge is 0.366 e. The van der Waals surface area contributed by atoms with Crippen molar-refractivity contribution >= 4 is 5.91 Å². The number of halogens is 3. The maximum Gasteiger partial charge on any atom is 0.417 e. The van der Waals surface area contributed by atoms with Gasteiger partial charge < -0.3 is 14.5 Å². The number of ether oxygens (including phenoxy) is 1. The quantitative estimate of drug-likeness (QED) is 0.682. The molecule has 0 bridgehead atoms. The number of likely N-dealkylation sites (tertiary alicyclic amines) is 1. The number of hydrogen-bond donors (Lipinski definition) is 0. The molecule has 8 heteroatoms. The van der Waals surface area contributed by atoms with Crippen LogP contribution in [0, 0.1) is 0 Å². The molecular formula is C24H30F3N3O2. The molecule has 0 aromatic carbocycles. The Hall–Kier alpha value is -1.93. The first-order valence-electron chi connectivity index (χ1n) is 11.7. The molecule has 32 heavy (non-hydrogen) atoms. The van der Waals surface area contributed by atoms with Crippen LogP contribution < -0.4 is 0 Å². The Morgan fingerprint density at radius 3 is 2.59 bits per heavy atom. The van der Waals surface area contributed by atoms with Crippen LogP contribution >= 0.6 is 0 Å². The summed E-state index contributed by atoms with van der Waals surface area (Å²) in [4.78, 5) is 21.9. The summed E-state index contributed by atoms with van der Waals surface area (Å²) in [6.45, 7) is 4.88. The van der Waals surface area contributed by atoms with E-state index < -0.39 is 17.3 Å². The van der Waals surface area contributed by atoms with Gasteiger partial charge in [-0.2, -0.15) is 13.2 Å². The minimum atomic E-state index is -4.44. The van der Waals surface area contributed by atoms with Gasteiger partial charge in [-0.25, -0.2) is 0 Å². The molecular weight excluding hydrogens is 419 g/mol. The van der Waals surface area contributed by atoms with Crippen LogP contribution in [0.4, 0.5) is 13.2 Å². The topological polar surface area (TPSA) is 45.7 Å². The highest BCUT2D eigenvalue weighted by Crippen LogP contribution is 2.43. The van der Waals surface area contributed by atoms with E-state index in [1.807, 2.05) is 6.92 Å². The first-order valence-corrected chi connectivity index (χ1v) is 11.7. The van der Waals surface area contributed by atoms with Crippen LogP contribution in [0.5, 0.6) is 0 Å². The normalized spacial score (nSPS) is 24.4. The van der Waals surface area contributed by atoms with Gasteiger partial charge in [-0.15, -0.1) is 0 Å². The lowest BCUT2D eigenvalue weighted by molar-refractivity contribution is -0.137. The van der Waals surface area contributed by atoms with E-state index in [-0.39, 0.29) is 12.5 Å². The van der Waals surface area contributed by atoms with Crippen LogP contribution in [-0.4, -0.2) is 58.6 Å². The molecule has 1 saturated carbocycles. The van der Waals surface area contributed by atoms with E-state index in [1.54, 1.807) is 4.90 Å². The second-order valence-corrected chi connectivity index (χ2v) is 9.72. The number of fused-ring (bicyclic) bond motifs is 1. The van der Waals surface area contributed by atoms with E-state index in [0.29, 0.717) is 36.9 Å². The lowest BCUT2D eigenvalue weighted by Crippen LogP contribution is -2.51. The van der Waals surface area contributed by atoms with Crippen molar-refractivity contribution in [1.29, 1.82) is 0 Å². The van der Waals surface area contributed by atoms with Gasteiger partial charge in [0.2, 0.25) is 0 Å². The summed E-state index contributed by atoms with van der Waals surface area (Å²) in [5.74, 6) is -0.0858. The molecule has 174 valence electrons. The zero-order chi connectivity index (χ0) is 22.5. The number of alkyl halides is 3. The van der Waals surface area contributed by atoms with Gasteiger partial charge in [0.25, 0.3) is 5.91 Å². The van der Waals surface area contributed by atoms with Gasteiger partial charge in [0, 0.05) is 50.5 Å². The number of carbonyl (C=O) groups is 1. The van der Waals surface area contributed by atoms with Crippen LogP contribution in [0.25, 0.3) is 0 Å². The summed E-state index contributed by atoms with van der Waals surface area (Å²) >= 11 is 0. The number of amides is 1. The third-order valence-electron chi connectivity index (χ3n) is 7.76. The van der Waals surface area contributed by atoms with E-state index >= 15 is 0 Å². The molecule has 0 radical (unpaired) electrons. The van der Waals surface area contributed by atoms with Crippen molar-refractivity contribution in [1.82, 2.24) is 14.8 Å². The zero-order valence-corrected chi connectivity index (χ0v) is 18.5. The molecule has 1 saturated heterocycles. The molecule has 0 N–H and O–H groups in total. The molecule has 4 heterocycles. The monoisotopic (exact) mass is 449 g/mol. The Balaban J connectivity index is 1.33. The van der Waals surface area contributed by atoms with Gasteiger partial charge in [-0.1, -0.05) is 12.8 Å². The Kier molecular flexibility index (Phi) is 5.56. The van der Waals surface area contributed by atoms with Crippen LogP contribution in [0.3, 0.4) is 0 Å². The highest BCUT2D eigenvalue weighted by Gasteiger charge is 2.48. The number of hydrogen-bond acceptors (Lipinski definition) is 4. The molecule has 1 aromatic rings. The summed E-state index contributed by atoms with van der Waals surface area (Å²) in [5.41, 5.74) is 1.52. The maximum absolute atomic E-state index is 13.6. The zero-order valence-electron chi connectivity index (χ0n) is 18.5. The van der Waals surface area contributed by atoms with Gasteiger partial charge >= 0.3 is 6.18 Å². The van der Waals surface area contributed by atoms with Crippen molar-refractivity contribution < 1.29 is 22.7 Å². The summed E-state index contributed by atoms with van der Waals surface area (Å²) in [7, 11) is 0. The molecule has 2 fully saturated rings. The predicted molar refractivity (Wildman–Crippen MR) is 113 cm³/mol. The molecule has 1 amide bonds. The summed E-state index contributed by atoms with van der Waals surface area (Å²) in [5, 5.41) is 0. The van der Waals surface area contributed by atoms with Gasteiger partial charge in [0.05, 0.1) is 17.7 Å². The molecule has 5 nitrogen and oxygen atoms in total. The van der Waals surface area contributed by atoms with Gasteiger partial charge in [-0.05, 0) is 49.8 Å². The summed E-state index contributed by atoms with van der Waals surface area (Å²) < 4.78 is 45.7. The highest BCUT2D eigenvalue weighted by atomic mass is 19.4. The standard InChI is InChI=1S/C24H30F3N3O2/c1-16-15-32-23(7-10-29(11-8-23)19-4-2-3-5-19)21(16)22(31)30-9-6-20-17(14-30)12-18(13-28-20)24(25,26)27/h12-13,19H,2-11,14-15H2,1H3. The lowest BCUT2D eigenvalue weighted by Gasteiger charge is -2.43. The maximum atomic E-state index is 13.6. The summed E-state index contributed by atoms with van der Waals surface area (Å²) in [6.07, 6.45) is 3.63. The third kappa shape index (κ3) is 3.85. The van der Waals surface area contributed by atoms with Crippen molar-refractivity contribution in [3.8, 4) is 0 Å². The molecule has 1 spiro atoms. The van der Waals surface area contributed by atoms with Crippen LogP contribution in [0.15, 0.2) is 23.4 Å². The minimum absolute atomic E-state index is 0.0858. The van der Waals surface area contributed by atoms with Gasteiger partial charge in [-0.3, -0.25) is 9.78 Å². The SMILES string of the molecule is CC1=C(C(=O)N2CCc3ncc(C(F)(F)F)cc3C2)C2(CCN(C3CCCC3)CC2)OC1. The van der Waals surface area contributed by atoms with Crippen molar-refractivity contribution in [3.05, 3.63) is 40.2 Å². The number of pyridine rings is 1. The Morgan fingerprint density at radius 1 is 1.19 bits per heavy atom. The predicted octanol–water partition coefficient (Wildman–Crippen LogP) is 4.11. The molecule has 1 aliphatic carbocycles. The van der Waals surface area contributed by atoms with E-state index in [1.165, 1.54) is 25.7 Å². The second-order valence-electron chi connectivity index (χ2n) is 9.72. The average Bonchev–Trinajstić information content (AvgIpc) is 3.41. The second kappa shape index (κ2) is 8.13. The van der Waals surface area contributed by atoms with E-state index in [2.05, 4.69) is 9.88 Å². The molecule has 0 atom stereocenters. The van der Waals surface area contributed by atoms with E-state index in [4.69, 9.17) is 4.74 Å². The first-order chi connectivity index (χ1) is 15.3. The largest absolute Gasteiger partial charge is 0.417 e. The van der Waals surface area contributed by atoms with Crippen molar-refractivity contribution in [2.75, 3.05) is 26.2 Å². The molecule has 5 rings (SSSR count). The Bertz CT molecular complexity index is 929. The average molecular weight is 450 g/mol. The highest BCUT2D eigenvalue weighted by molar-refractivity contribution is 5.97. The van der Waals surface area contributed by atoms with Gasteiger partial charge in [0.1, 0.15) is 5.60 Å². The number of nitrogens with zero attached hydrogens (tertiary/aromatic N) is 3. The fourth-order valence-corrected chi connectivity index (χ4v) is 5.98. The van der Waals surface area contributed by atoms with Gasteiger partial charge in [0.15, 0.2) is 0 Å².